The summed E-state index contributed by atoms with van der Waals surface area (Å²) in [5, 5.41) is 12.0. The highest BCUT2D eigenvalue weighted by Crippen LogP contribution is 2.14. The Kier molecular flexibility index (Phi) is 8.37. The second-order valence-corrected chi connectivity index (χ2v) is 6.49. The zero-order chi connectivity index (χ0) is 18.8. The van der Waals surface area contributed by atoms with Gasteiger partial charge in [0.15, 0.2) is 0 Å². The lowest BCUT2D eigenvalue weighted by molar-refractivity contribution is -0.137. The van der Waals surface area contributed by atoms with E-state index in [9.17, 15) is 9.59 Å². The zero-order valence-corrected chi connectivity index (χ0v) is 15.2. The molecule has 0 bridgehead atoms. The minimum absolute atomic E-state index is 0.0283. The van der Waals surface area contributed by atoms with E-state index in [2.05, 4.69) is 5.32 Å². The van der Waals surface area contributed by atoms with Crippen molar-refractivity contribution < 1.29 is 24.2 Å². The fourth-order valence-electron chi connectivity index (χ4n) is 3.03. The lowest BCUT2D eigenvalue weighted by Crippen LogP contribution is -2.45. The highest BCUT2D eigenvalue weighted by atomic mass is 16.5. The van der Waals surface area contributed by atoms with Crippen LogP contribution in [0.5, 0.6) is 0 Å². The molecule has 7 nitrogen and oxygen atoms in total. The molecule has 1 aliphatic heterocycles. The minimum Gasteiger partial charge on any atom is -0.481 e. The molecule has 2 rings (SSSR count). The monoisotopic (exact) mass is 364 g/mol. The summed E-state index contributed by atoms with van der Waals surface area (Å²) in [6.07, 6.45) is 1.87. The van der Waals surface area contributed by atoms with Gasteiger partial charge in [-0.15, -0.1) is 0 Å². The first-order chi connectivity index (χ1) is 12.6. The number of amides is 2. The lowest BCUT2D eigenvalue weighted by atomic mass is 10.0. The predicted octanol–water partition coefficient (Wildman–Crippen LogP) is 1.91. The van der Waals surface area contributed by atoms with Crippen molar-refractivity contribution in [2.24, 2.45) is 0 Å². The van der Waals surface area contributed by atoms with Gasteiger partial charge in [-0.2, -0.15) is 0 Å². The van der Waals surface area contributed by atoms with E-state index in [-0.39, 0.29) is 24.6 Å². The number of carboxylic acid groups (broad SMARTS) is 1. The van der Waals surface area contributed by atoms with Crippen molar-refractivity contribution in [3.05, 3.63) is 35.9 Å². The van der Waals surface area contributed by atoms with Gasteiger partial charge in [-0.25, -0.2) is 4.79 Å². The molecule has 0 aliphatic carbocycles. The van der Waals surface area contributed by atoms with Crippen LogP contribution in [0, 0.1) is 0 Å². The first-order valence-electron chi connectivity index (χ1n) is 9.00. The topological polar surface area (TPSA) is 88.1 Å². The molecule has 1 aromatic carbocycles. The van der Waals surface area contributed by atoms with Crippen molar-refractivity contribution in [2.75, 3.05) is 33.4 Å². The smallest absolute Gasteiger partial charge is 0.317 e. The maximum atomic E-state index is 12.6. The maximum Gasteiger partial charge on any atom is 0.317 e. The van der Waals surface area contributed by atoms with Crippen molar-refractivity contribution in [3.63, 3.8) is 0 Å². The van der Waals surface area contributed by atoms with Gasteiger partial charge in [0.25, 0.3) is 0 Å². The highest BCUT2D eigenvalue weighted by Gasteiger charge is 2.28. The number of nitrogens with zero attached hydrogens (tertiary/aromatic N) is 1. The molecule has 7 heteroatoms. The zero-order valence-electron chi connectivity index (χ0n) is 15.2. The van der Waals surface area contributed by atoms with E-state index in [0.29, 0.717) is 39.1 Å². The van der Waals surface area contributed by atoms with Gasteiger partial charge in [0, 0.05) is 32.7 Å². The molecular weight excluding hydrogens is 336 g/mol. The van der Waals surface area contributed by atoms with Crippen LogP contribution in [0.4, 0.5) is 4.79 Å². The summed E-state index contributed by atoms with van der Waals surface area (Å²) in [5.41, 5.74) is 1.07. The van der Waals surface area contributed by atoms with E-state index in [4.69, 9.17) is 14.6 Å². The molecule has 1 aliphatic rings. The number of ether oxygens (including phenoxy) is 2. The molecule has 0 saturated carbocycles. The summed E-state index contributed by atoms with van der Waals surface area (Å²) in [7, 11) is 1.63. The number of rotatable bonds is 10. The van der Waals surface area contributed by atoms with Crippen molar-refractivity contribution >= 4 is 12.0 Å². The molecule has 1 saturated heterocycles. The van der Waals surface area contributed by atoms with Gasteiger partial charge in [-0.3, -0.25) is 4.79 Å². The number of hydrogen-bond acceptors (Lipinski definition) is 4. The molecule has 2 N–H and O–H groups in total. The van der Waals surface area contributed by atoms with Crippen LogP contribution < -0.4 is 5.32 Å². The van der Waals surface area contributed by atoms with Crippen LogP contribution in [-0.2, 0) is 20.7 Å². The van der Waals surface area contributed by atoms with Crippen LogP contribution in [0.1, 0.15) is 24.8 Å². The van der Waals surface area contributed by atoms with Crippen LogP contribution in [0.25, 0.3) is 0 Å². The summed E-state index contributed by atoms with van der Waals surface area (Å²) in [4.78, 5) is 25.2. The third-order valence-corrected chi connectivity index (χ3v) is 4.43. The van der Waals surface area contributed by atoms with E-state index in [0.717, 1.165) is 12.0 Å². The number of likely N-dealkylation sites (tertiary alicyclic amines) is 1. The number of methoxy groups -OCH3 is 1. The first kappa shape index (κ1) is 20.2. The van der Waals surface area contributed by atoms with Gasteiger partial charge >= 0.3 is 12.0 Å². The molecule has 0 aromatic heterocycles. The van der Waals surface area contributed by atoms with Crippen LogP contribution in [0.3, 0.4) is 0 Å². The first-order valence-corrected chi connectivity index (χ1v) is 9.00. The van der Waals surface area contributed by atoms with E-state index in [1.807, 2.05) is 30.3 Å². The van der Waals surface area contributed by atoms with Crippen LogP contribution in [0.15, 0.2) is 30.3 Å². The molecule has 1 fully saturated rings. The van der Waals surface area contributed by atoms with Gasteiger partial charge in [-0.05, 0) is 24.8 Å². The number of nitrogens with one attached hydrogen (secondary N) is 1. The Morgan fingerprint density at radius 2 is 2.08 bits per heavy atom. The number of aliphatic carboxylic acids is 1. The van der Waals surface area contributed by atoms with Gasteiger partial charge < -0.3 is 24.8 Å². The molecule has 1 aromatic rings. The SMILES string of the molecule is COCCOC1CCN(C(=O)NC(CCC(=O)O)Cc2ccccc2)C1. The molecule has 144 valence electrons. The Bertz CT molecular complexity index is 566. The second kappa shape index (κ2) is 10.8. The number of carbonyl (C=O) groups excluding carboxylic acids is 1. The Morgan fingerprint density at radius 1 is 1.31 bits per heavy atom. The summed E-state index contributed by atoms with van der Waals surface area (Å²) >= 11 is 0. The molecule has 0 radical (unpaired) electrons. The summed E-state index contributed by atoms with van der Waals surface area (Å²) in [6.45, 7) is 2.25. The number of urea groups is 1. The average molecular weight is 364 g/mol. The largest absolute Gasteiger partial charge is 0.481 e. The summed E-state index contributed by atoms with van der Waals surface area (Å²) in [6, 6.07) is 9.40. The Balaban J connectivity index is 1.85. The van der Waals surface area contributed by atoms with Gasteiger partial charge in [0.05, 0.1) is 19.3 Å². The van der Waals surface area contributed by atoms with Crippen LogP contribution in [-0.4, -0.2) is 67.6 Å². The van der Waals surface area contributed by atoms with E-state index in [1.54, 1.807) is 12.0 Å². The van der Waals surface area contributed by atoms with Crippen LogP contribution >= 0.6 is 0 Å². The average Bonchev–Trinajstić information content (AvgIpc) is 3.10. The van der Waals surface area contributed by atoms with Gasteiger partial charge in [-0.1, -0.05) is 30.3 Å². The molecular formula is C19H28N2O5. The van der Waals surface area contributed by atoms with Crippen molar-refractivity contribution in [2.45, 2.75) is 37.8 Å². The molecule has 2 atom stereocenters. The molecule has 1 heterocycles. The number of carboxylic acids is 1. The number of carbonyl (C=O) groups is 2. The Labute approximate surface area is 154 Å². The lowest BCUT2D eigenvalue weighted by Gasteiger charge is -2.23. The standard InChI is InChI=1S/C19H28N2O5/c1-25-11-12-26-17-9-10-21(14-17)19(24)20-16(7-8-18(22)23)13-15-5-3-2-4-6-15/h2-6,16-17H,7-14H2,1H3,(H,20,24)(H,22,23). The van der Waals surface area contributed by atoms with E-state index >= 15 is 0 Å². The number of hydrogen-bond donors (Lipinski definition) is 2. The molecule has 26 heavy (non-hydrogen) atoms. The number of benzene rings is 1. The molecule has 2 unspecified atom stereocenters. The molecule has 0 spiro atoms. The minimum atomic E-state index is -0.856. The quantitative estimate of drug-likeness (QED) is 0.619. The predicted molar refractivity (Wildman–Crippen MR) is 97.1 cm³/mol. The highest BCUT2D eigenvalue weighted by molar-refractivity contribution is 5.75. The third kappa shape index (κ3) is 7.01. The van der Waals surface area contributed by atoms with Crippen molar-refractivity contribution in [1.29, 1.82) is 0 Å². The Hall–Kier alpha value is -2.12. The fraction of sp³-hybridized carbons (Fsp3) is 0.579. The third-order valence-electron chi connectivity index (χ3n) is 4.43. The second-order valence-electron chi connectivity index (χ2n) is 6.49. The molecule has 2 amide bonds. The summed E-state index contributed by atoms with van der Waals surface area (Å²) < 4.78 is 10.6. The Morgan fingerprint density at radius 3 is 2.77 bits per heavy atom. The van der Waals surface area contributed by atoms with E-state index in [1.165, 1.54) is 0 Å². The maximum absolute atomic E-state index is 12.6. The normalized spacial score (nSPS) is 17.9. The van der Waals surface area contributed by atoms with Crippen molar-refractivity contribution in [1.82, 2.24) is 10.2 Å². The fourth-order valence-corrected chi connectivity index (χ4v) is 3.03. The van der Waals surface area contributed by atoms with Gasteiger partial charge in [0.2, 0.25) is 0 Å². The van der Waals surface area contributed by atoms with Crippen molar-refractivity contribution in [3.8, 4) is 0 Å². The summed E-state index contributed by atoms with van der Waals surface area (Å²) in [5.74, 6) is -0.856. The van der Waals surface area contributed by atoms with Crippen LogP contribution in [0.2, 0.25) is 0 Å². The van der Waals surface area contributed by atoms with Gasteiger partial charge in [0.1, 0.15) is 0 Å². The van der Waals surface area contributed by atoms with E-state index < -0.39 is 5.97 Å².